The van der Waals surface area contributed by atoms with Gasteiger partial charge in [-0.1, -0.05) is 64.0 Å². The van der Waals surface area contributed by atoms with Crippen LogP contribution in [0.2, 0.25) is 0 Å². The number of nitrogens with zero attached hydrogens (tertiary/aromatic N) is 2. The molecule has 1 aromatic carbocycles. The summed E-state index contributed by atoms with van der Waals surface area (Å²) in [6, 6.07) is 8.83. The molecule has 1 saturated carbocycles. The van der Waals surface area contributed by atoms with Crippen molar-refractivity contribution in [3.05, 3.63) is 54.6 Å². The summed E-state index contributed by atoms with van der Waals surface area (Å²) in [5.41, 5.74) is 4.81. The second-order valence-electron chi connectivity index (χ2n) is 8.13. The molecule has 2 nitrogen and oxygen atoms in total. The van der Waals surface area contributed by atoms with Crippen LogP contribution >= 0.6 is 0 Å². The Labute approximate surface area is 165 Å². The first kappa shape index (κ1) is 19.8. The van der Waals surface area contributed by atoms with Crippen LogP contribution < -0.4 is 0 Å². The lowest BCUT2D eigenvalue weighted by Crippen LogP contribution is -2.16. The summed E-state index contributed by atoms with van der Waals surface area (Å²) in [7, 11) is 0. The van der Waals surface area contributed by atoms with Gasteiger partial charge in [0.2, 0.25) is 0 Å². The summed E-state index contributed by atoms with van der Waals surface area (Å²) in [4.78, 5) is 9.29. The predicted molar refractivity (Wildman–Crippen MR) is 115 cm³/mol. The molecule has 0 radical (unpaired) electrons. The predicted octanol–water partition coefficient (Wildman–Crippen LogP) is 7.11. The van der Waals surface area contributed by atoms with Gasteiger partial charge in [0.25, 0.3) is 0 Å². The monoisotopic (exact) mass is 362 g/mol. The van der Waals surface area contributed by atoms with Crippen molar-refractivity contribution in [3.8, 4) is 11.1 Å². The van der Waals surface area contributed by atoms with Crippen LogP contribution in [0.25, 0.3) is 16.7 Å². The number of rotatable bonds is 8. The SMILES string of the molecule is C=C(c1ncc(-c2ccc(CCCC)cc2)cn1)C1CCC(CCC)CC1. The van der Waals surface area contributed by atoms with Gasteiger partial charge in [0.15, 0.2) is 5.82 Å². The highest BCUT2D eigenvalue weighted by molar-refractivity contribution is 5.64. The van der Waals surface area contributed by atoms with E-state index in [2.05, 4.69) is 54.7 Å². The molecular formula is C25H34N2. The molecule has 2 heteroatoms. The average molecular weight is 363 g/mol. The minimum atomic E-state index is 0.557. The Morgan fingerprint density at radius 2 is 1.59 bits per heavy atom. The summed E-state index contributed by atoms with van der Waals surface area (Å²) in [5, 5.41) is 0. The third-order valence-corrected chi connectivity index (χ3v) is 6.08. The van der Waals surface area contributed by atoms with Crippen molar-refractivity contribution in [3.63, 3.8) is 0 Å². The Hall–Kier alpha value is -1.96. The van der Waals surface area contributed by atoms with Gasteiger partial charge >= 0.3 is 0 Å². The molecule has 1 aliphatic rings. The van der Waals surface area contributed by atoms with Crippen molar-refractivity contribution in [2.24, 2.45) is 11.8 Å². The molecule has 0 spiro atoms. The molecule has 27 heavy (non-hydrogen) atoms. The molecule has 0 unspecified atom stereocenters. The fourth-order valence-electron chi connectivity index (χ4n) is 4.28. The smallest absolute Gasteiger partial charge is 0.154 e. The largest absolute Gasteiger partial charge is 0.236 e. The van der Waals surface area contributed by atoms with E-state index in [0.29, 0.717) is 5.92 Å². The summed E-state index contributed by atoms with van der Waals surface area (Å²) < 4.78 is 0. The van der Waals surface area contributed by atoms with Gasteiger partial charge < -0.3 is 0 Å². The van der Waals surface area contributed by atoms with E-state index in [9.17, 15) is 0 Å². The first-order valence-corrected chi connectivity index (χ1v) is 10.8. The number of allylic oxidation sites excluding steroid dienone is 1. The molecule has 1 heterocycles. The maximum Gasteiger partial charge on any atom is 0.154 e. The Bertz CT molecular complexity index is 707. The lowest BCUT2D eigenvalue weighted by Gasteiger charge is -2.29. The standard InChI is InChI=1S/C25H34N2/c1-4-6-8-21-11-15-23(16-12-21)24-17-26-25(27-18-24)19(3)22-13-9-20(7-5-2)10-14-22/h11-12,15-18,20,22H,3-10,13-14H2,1-2H3. The van der Waals surface area contributed by atoms with Crippen LogP contribution in [0.5, 0.6) is 0 Å². The Kier molecular flexibility index (Phi) is 7.20. The van der Waals surface area contributed by atoms with E-state index >= 15 is 0 Å². The van der Waals surface area contributed by atoms with Crippen molar-refractivity contribution in [2.45, 2.75) is 71.6 Å². The van der Waals surface area contributed by atoms with E-state index in [4.69, 9.17) is 0 Å². The van der Waals surface area contributed by atoms with Crippen molar-refractivity contribution in [1.29, 1.82) is 0 Å². The minimum Gasteiger partial charge on any atom is -0.236 e. The number of aromatic nitrogens is 2. The fraction of sp³-hybridized carbons (Fsp3) is 0.520. The summed E-state index contributed by atoms with van der Waals surface area (Å²) >= 11 is 0. The van der Waals surface area contributed by atoms with Gasteiger partial charge in [0.1, 0.15) is 0 Å². The summed E-state index contributed by atoms with van der Waals surface area (Å²) in [6.07, 6.45) is 15.4. The van der Waals surface area contributed by atoms with Crippen molar-refractivity contribution >= 4 is 5.57 Å². The van der Waals surface area contributed by atoms with E-state index in [-0.39, 0.29) is 0 Å². The zero-order valence-corrected chi connectivity index (χ0v) is 17.1. The number of hydrogen-bond acceptors (Lipinski definition) is 2. The van der Waals surface area contributed by atoms with Crippen LogP contribution in [-0.2, 0) is 6.42 Å². The molecule has 0 saturated heterocycles. The first-order chi connectivity index (χ1) is 13.2. The Morgan fingerprint density at radius 3 is 2.19 bits per heavy atom. The molecule has 3 rings (SSSR count). The highest BCUT2D eigenvalue weighted by Crippen LogP contribution is 2.37. The molecule has 0 amide bonds. The van der Waals surface area contributed by atoms with Gasteiger partial charge in [-0.3, -0.25) is 0 Å². The highest BCUT2D eigenvalue weighted by atomic mass is 14.9. The quantitative estimate of drug-likeness (QED) is 0.500. The van der Waals surface area contributed by atoms with E-state index in [1.54, 1.807) is 0 Å². The van der Waals surface area contributed by atoms with Crippen LogP contribution in [0.3, 0.4) is 0 Å². The van der Waals surface area contributed by atoms with Crippen LogP contribution in [0, 0.1) is 11.8 Å². The van der Waals surface area contributed by atoms with Gasteiger partial charge in [0, 0.05) is 18.0 Å². The van der Waals surface area contributed by atoms with Crippen molar-refractivity contribution in [1.82, 2.24) is 9.97 Å². The highest BCUT2D eigenvalue weighted by Gasteiger charge is 2.24. The maximum absolute atomic E-state index is 4.65. The second-order valence-corrected chi connectivity index (χ2v) is 8.13. The molecular weight excluding hydrogens is 328 g/mol. The first-order valence-electron chi connectivity index (χ1n) is 10.8. The normalized spacial score (nSPS) is 19.8. The lowest BCUT2D eigenvalue weighted by molar-refractivity contribution is 0.299. The number of hydrogen-bond donors (Lipinski definition) is 0. The van der Waals surface area contributed by atoms with Gasteiger partial charge in [-0.15, -0.1) is 0 Å². The van der Waals surface area contributed by atoms with Crippen LogP contribution in [0.4, 0.5) is 0 Å². The average Bonchev–Trinajstić information content (AvgIpc) is 2.73. The molecule has 1 fully saturated rings. The van der Waals surface area contributed by atoms with Gasteiger partial charge in [-0.2, -0.15) is 0 Å². The van der Waals surface area contributed by atoms with Gasteiger partial charge in [-0.25, -0.2) is 9.97 Å². The van der Waals surface area contributed by atoms with E-state index < -0.39 is 0 Å². The molecule has 2 aromatic rings. The molecule has 0 N–H and O–H groups in total. The van der Waals surface area contributed by atoms with E-state index in [1.807, 2.05) is 12.4 Å². The van der Waals surface area contributed by atoms with Crippen molar-refractivity contribution < 1.29 is 0 Å². The summed E-state index contributed by atoms with van der Waals surface area (Å²) in [6.45, 7) is 8.86. The summed E-state index contributed by atoms with van der Waals surface area (Å²) in [5.74, 6) is 2.31. The van der Waals surface area contributed by atoms with Crippen LogP contribution in [0.15, 0.2) is 43.2 Å². The Balaban J connectivity index is 1.60. The molecule has 1 aromatic heterocycles. The fourth-order valence-corrected chi connectivity index (χ4v) is 4.28. The lowest BCUT2D eigenvalue weighted by atomic mass is 9.77. The van der Waals surface area contributed by atoms with Crippen molar-refractivity contribution in [2.75, 3.05) is 0 Å². The van der Waals surface area contributed by atoms with Gasteiger partial charge in [0.05, 0.1) is 0 Å². The zero-order chi connectivity index (χ0) is 19.1. The van der Waals surface area contributed by atoms with Crippen LogP contribution in [0.1, 0.15) is 76.6 Å². The Morgan fingerprint density at radius 1 is 0.926 bits per heavy atom. The molecule has 144 valence electrons. The van der Waals surface area contributed by atoms with E-state index in [1.165, 1.54) is 62.5 Å². The molecule has 0 aliphatic heterocycles. The van der Waals surface area contributed by atoms with Gasteiger partial charge in [-0.05, 0) is 67.1 Å². The van der Waals surface area contributed by atoms with E-state index in [0.717, 1.165) is 29.3 Å². The molecule has 1 aliphatic carbocycles. The number of aryl methyl sites for hydroxylation is 1. The third kappa shape index (κ3) is 5.28. The number of benzene rings is 1. The minimum absolute atomic E-state index is 0.557. The second kappa shape index (κ2) is 9.82. The third-order valence-electron chi connectivity index (χ3n) is 6.08. The molecule has 0 bridgehead atoms. The maximum atomic E-state index is 4.65. The zero-order valence-electron chi connectivity index (χ0n) is 17.1. The molecule has 0 atom stereocenters. The topological polar surface area (TPSA) is 25.8 Å². The number of unbranched alkanes of at least 4 members (excludes halogenated alkanes) is 1. The van der Waals surface area contributed by atoms with Crippen LogP contribution in [-0.4, -0.2) is 9.97 Å².